The van der Waals surface area contributed by atoms with Gasteiger partial charge in [-0.1, -0.05) is 0 Å². The largest absolute Gasteiger partial charge is 0.393 e. The molecule has 13 heteroatoms. The Morgan fingerprint density at radius 1 is 1.20 bits per heavy atom. The third-order valence-corrected chi connectivity index (χ3v) is 7.43. The first kappa shape index (κ1) is 25.4. The van der Waals surface area contributed by atoms with Gasteiger partial charge in [-0.15, -0.1) is 5.10 Å². The topological polar surface area (TPSA) is 131 Å². The number of anilines is 1. The summed E-state index contributed by atoms with van der Waals surface area (Å²) in [5.74, 6) is 0.412. The Hall–Kier alpha value is -2.74. The second-order valence-electron chi connectivity index (χ2n) is 8.60. The Morgan fingerprint density at radius 2 is 1.94 bits per heavy atom. The number of halogens is 2. The van der Waals surface area contributed by atoms with E-state index in [9.17, 15) is 22.3 Å². The van der Waals surface area contributed by atoms with E-state index in [1.54, 1.807) is 23.7 Å². The summed E-state index contributed by atoms with van der Waals surface area (Å²) >= 11 is 0. The average molecular weight is 511 g/mol. The summed E-state index contributed by atoms with van der Waals surface area (Å²) < 4.78 is 57.2. The van der Waals surface area contributed by atoms with Gasteiger partial charge in [0, 0.05) is 35.0 Å². The van der Waals surface area contributed by atoms with E-state index in [1.165, 1.54) is 19.3 Å². The molecule has 4 rings (SSSR count). The highest BCUT2D eigenvalue weighted by Crippen LogP contribution is 2.37. The van der Waals surface area contributed by atoms with Crippen LogP contribution >= 0.6 is 0 Å². The van der Waals surface area contributed by atoms with Gasteiger partial charge in [-0.25, -0.2) is 27.6 Å². The molecule has 1 aliphatic rings. The lowest BCUT2D eigenvalue weighted by molar-refractivity contribution is -0.130. The zero-order chi connectivity index (χ0) is 25.2. The zero-order valence-corrected chi connectivity index (χ0v) is 20.2. The predicted octanol–water partition coefficient (Wildman–Crippen LogP) is 2.76. The van der Waals surface area contributed by atoms with Gasteiger partial charge in [-0.05, 0) is 57.9 Å². The minimum absolute atomic E-state index is 0.0866. The summed E-state index contributed by atoms with van der Waals surface area (Å²) in [6, 6.07) is 4.65. The van der Waals surface area contributed by atoms with E-state index >= 15 is 0 Å². The fourth-order valence-corrected chi connectivity index (χ4v) is 4.90. The van der Waals surface area contributed by atoms with Gasteiger partial charge in [0.2, 0.25) is 5.95 Å². The molecular formula is C22H28F2N6O4S. The molecule has 0 aromatic carbocycles. The van der Waals surface area contributed by atoms with Crippen molar-refractivity contribution in [1.82, 2.24) is 24.3 Å². The monoisotopic (exact) mass is 510 g/mol. The van der Waals surface area contributed by atoms with E-state index in [4.69, 9.17) is 0 Å². The van der Waals surface area contributed by atoms with Crippen molar-refractivity contribution in [2.75, 3.05) is 19.0 Å². The summed E-state index contributed by atoms with van der Waals surface area (Å²) in [6.07, 6.45) is 5.75. The lowest BCUT2D eigenvalue weighted by atomic mass is 9.85. The van der Waals surface area contributed by atoms with E-state index in [0.29, 0.717) is 23.9 Å². The molecule has 1 saturated carbocycles. The maximum atomic E-state index is 12.4. The number of aliphatic hydroxyl groups excluding tert-OH is 1. The third kappa shape index (κ3) is 5.74. The molecule has 10 nitrogen and oxygen atoms in total. The van der Waals surface area contributed by atoms with Crippen molar-refractivity contribution in [3.05, 3.63) is 36.3 Å². The molecule has 0 aliphatic heterocycles. The Morgan fingerprint density at radius 3 is 2.57 bits per heavy atom. The Bertz CT molecular complexity index is 1260. The second-order valence-corrected chi connectivity index (χ2v) is 10.4. The van der Waals surface area contributed by atoms with E-state index in [-0.39, 0.29) is 29.6 Å². The van der Waals surface area contributed by atoms with Crippen LogP contribution in [0.4, 0.5) is 14.7 Å². The normalized spacial score (nSPS) is 19.8. The maximum absolute atomic E-state index is 12.4. The molecule has 1 atom stereocenters. The molecule has 0 saturated heterocycles. The zero-order valence-electron chi connectivity index (χ0n) is 19.4. The smallest absolute Gasteiger partial charge is 0.345 e. The van der Waals surface area contributed by atoms with Crippen LogP contribution in [0.1, 0.15) is 44.2 Å². The van der Waals surface area contributed by atoms with Crippen molar-refractivity contribution < 1.29 is 27.0 Å². The number of ether oxygens (including phenoxy) is 1. The molecule has 0 radical (unpaired) electrons. The molecule has 0 unspecified atom stereocenters. The Labute approximate surface area is 201 Å². The van der Waals surface area contributed by atoms with Crippen LogP contribution in [-0.2, 0) is 14.8 Å². The van der Waals surface area contributed by atoms with Gasteiger partial charge < -0.3 is 15.2 Å². The van der Waals surface area contributed by atoms with E-state index in [0.717, 1.165) is 24.1 Å². The van der Waals surface area contributed by atoms with Crippen LogP contribution in [-0.4, -0.2) is 65.5 Å². The molecule has 3 aromatic rings. The molecule has 3 aromatic heterocycles. The highest BCUT2D eigenvalue weighted by molar-refractivity contribution is 7.89. The molecule has 0 spiro atoms. The molecule has 1 fully saturated rings. The summed E-state index contributed by atoms with van der Waals surface area (Å²) in [5.41, 5.74) is 3.10. The molecule has 0 amide bonds. The number of aromatic nitrogens is 4. The summed E-state index contributed by atoms with van der Waals surface area (Å²) in [5, 5.41) is 17.5. The molecule has 3 heterocycles. The number of nitrogens with one attached hydrogen (secondary N) is 2. The van der Waals surface area contributed by atoms with Crippen molar-refractivity contribution in [3.8, 4) is 11.1 Å². The molecule has 35 heavy (non-hydrogen) atoms. The van der Waals surface area contributed by atoms with Crippen LogP contribution in [0.5, 0.6) is 0 Å². The molecule has 0 bridgehead atoms. The number of aliphatic hydroxyl groups is 1. The van der Waals surface area contributed by atoms with Crippen molar-refractivity contribution in [1.29, 1.82) is 0 Å². The van der Waals surface area contributed by atoms with E-state index in [2.05, 4.69) is 29.8 Å². The van der Waals surface area contributed by atoms with Gasteiger partial charge in [-0.3, -0.25) is 0 Å². The molecule has 1 aliphatic carbocycles. The minimum atomic E-state index is -3.66. The van der Waals surface area contributed by atoms with Gasteiger partial charge in [0.05, 0.1) is 24.4 Å². The van der Waals surface area contributed by atoms with Crippen molar-refractivity contribution >= 4 is 21.5 Å². The standard InChI is InChI=1S/C22H28F2N6O4S/c1-13(12-34-21(23)24)28-22-27-11-19-17(15-5-8-20(26-10-15)35(32,33)25-2)9-18(30(19)29-22)14-3-6-16(31)7-4-14/h5,8-11,13-14,16,21,25,31H,3-4,6-7,12H2,1-2H3,(H,28,29)/t13-,14?,16?/m0/s1. The number of hydrogen-bond acceptors (Lipinski definition) is 8. The first-order valence-corrected chi connectivity index (χ1v) is 12.8. The third-order valence-electron chi connectivity index (χ3n) is 6.10. The Balaban J connectivity index is 1.71. The molecule has 3 N–H and O–H groups in total. The predicted molar refractivity (Wildman–Crippen MR) is 125 cm³/mol. The Kier molecular flexibility index (Phi) is 7.59. The number of pyridine rings is 1. The highest BCUT2D eigenvalue weighted by Gasteiger charge is 2.26. The van der Waals surface area contributed by atoms with Gasteiger partial charge >= 0.3 is 6.61 Å². The quantitative estimate of drug-likeness (QED) is 0.401. The number of alkyl halides is 2. The SMILES string of the molecule is CNS(=O)(=O)c1ccc(-c2cc(C3CCC(O)CC3)n3nc(N[C@@H](C)COC(F)F)ncc23)cn1. The number of fused-ring (bicyclic) bond motifs is 1. The first-order chi connectivity index (χ1) is 16.7. The first-order valence-electron chi connectivity index (χ1n) is 11.3. The summed E-state index contributed by atoms with van der Waals surface area (Å²) in [4.78, 5) is 8.45. The van der Waals surface area contributed by atoms with E-state index < -0.39 is 22.7 Å². The average Bonchev–Trinajstić information content (AvgIpc) is 3.22. The van der Waals surface area contributed by atoms with Crippen LogP contribution < -0.4 is 10.0 Å². The van der Waals surface area contributed by atoms with Crippen molar-refractivity contribution in [2.45, 2.75) is 62.3 Å². The van der Waals surface area contributed by atoms with Crippen LogP contribution in [0.2, 0.25) is 0 Å². The van der Waals surface area contributed by atoms with Crippen LogP contribution in [0, 0.1) is 0 Å². The van der Waals surface area contributed by atoms with Crippen LogP contribution in [0.15, 0.2) is 35.6 Å². The van der Waals surface area contributed by atoms with Gasteiger partial charge in [0.25, 0.3) is 10.0 Å². The van der Waals surface area contributed by atoms with Gasteiger partial charge in [0.1, 0.15) is 0 Å². The van der Waals surface area contributed by atoms with Gasteiger partial charge in [-0.2, -0.15) is 8.78 Å². The number of hydrogen-bond donors (Lipinski definition) is 3. The number of rotatable bonds is 9. The fourth-order valence-electron chi connectivity index (χ4n) is 4.26. The number of sulfonamides is 1. The summed E-state index contributed by atoms with van der Waals surface area (Å²) in [6.45, 7) is -1.38. The van der Waals surface area contributed by atoms with Crippen LogP contribution in [0.3, 0.4) is 0 Å². The van der Waals surface area contributed by atoms with E-state index in [1.807, 2.05) is 6.07 Å². The lowest BCUT2D eigenvalue weighted by Crippen LogP contribution is -2.25. The van der Waals surface area contributed by atoms with Crippen molar-refractivity contribution in [2.24, 2.45) is 0 Å². The molecular weight excluding hydrogens is 482 g/mol. The number of nitrogens with zero attached hydrogens (tertiary/aromatic N) is 4. The maximum Gasteiger partial charge on any atom is 0.345 e. The highest BCUT2D eigenvalue weighted by atomic mass is 32.2. The van der Waals surface area contributed by atoms with Gasteiger partial charge in [0.15, 0.2) is 5.03 Å². The molecule has 190 valence electrons. The summed E-state index contributed by atoms with van der Waals surface area (Å²) in [7, 11) is -2.34. The van der Waals surface area contributed by atoms with Crippen molar-refractivity contribution in [3.63, 3.8) is 0 Å². The van der Waals surface area contributed by atoms with Crippen LogP contribution in [0.25, 0.3) is 16.6 Å². The minimum Gasteiger partial charge on any atom is -0.393 e. The fraction of sp³-hybridized carbons (Fsp3) is 0.500. The lowest BCUT2D eigenvalue weighted by Gasteiger charge is -2.25. The second kappa shape index (κ2) is 10.5.